The van der Waals surface area contributed by atoms with Gasteiger partial charge in [-0.1, -0.05) is 455 Å². The molecule has 0 unspecified atom stereocenters. The van der Waals surface area contributed by atoms with Gasteiger partial charge in [0.15, 0.2) is 43.0 Å². The Morgan fingerprint density at radius 2 is 0.469 bits per heavy atom. The van der Waals surface area contributed by atoms with Crippen molar-refractivity contribution >= 4 is 105 Å². The molecule has 6 heterocycles. The molecule has 0 spiro atoms. The molecule has 1 aliphatic rings. The van der Waals surface area contributed by atoms with E-state index in [0.717, 1.165) is 89.0 Å². The van der Waals surface area contributed by atoms with Crippen molar-refractivity contribution in [3.8, 4) is 119 Å². The molecule has 0 aliphatic heterocycles. The van der Waals surface area contributed by atoms with Gasteiger partial charge in [0, 0.05) is 88.0 Å². The summed E-state index contributed by atoms with van der Waals surface area (Å²) in [5, 5.41) is 13.8. The minimum Gasteiger partial charge on any atom is -0.309 e. The first kappa shape index (κ1) is 87.8. The molecular weight excluding hydrogens is 1800 g/mol. The van der Waals surface area contributed by atoms with Gasteiger partial charge in [-0.2, -0.15) is 0 Å². The van der Waals surface area contributed by atoms with E-state index in [1.807, 2.05) is 121 Å². The molecule has 0 bridgehead atoms. The monoisotopic (exact) mass is 1890 g/mol. The fourth-order valence-electron chi connectivity index (χ4n) is 22.1. The summed E-state index contributed by atoms with van der Waals surface area (Å²) in [6.07, 6.45) is 0. The van der Waals surface area contributed by atoms with E-state index in [4.69, 9.17) is 39.9 Å². The fraction of sp³-hybridized carbons (Fsp3) is 0.00741. The van der Waals surface area contributed by atoms with E-state index in [2.05, 4.69) is 444 Å². The highest BCUT2D eigenvalue weighted by atomic mass is 28.3. The van der Waals surface area contributed by atoms with Gasteiger partial charge in [0.25, 0.3) is 0 Å². The second-order valence-corrected chi connectivity index (χ2v) is 40.9. The van der Waals surface area contributed by atoms with E-state index < -0.39 is 13.5 Å². The fourth-order valence-corrected chi connectivity index (χ4v) is 26.9. The van der Waals surface area contributed by atoms with Crippen LogP contribution in [0.1, 0.15) is 22.3 Å². The Morgan fingerprint density at radius 3 is 0.884 bits per heavy atom. The molecule has 690 valence electrons. The van der Waals surface area contributed by atoms with E-state index in [-0.39, 0.29) is 0 Å². The topological polar surface area (TPSA) is 118 Å². The summed E-state index contributed by atoms with van der Waals surface area (Å²) < 4.78 is 6.98. The molecule has 27 aromatic rings. The van der Waals surface area contributed by atoms with Crippen molar-refractivity contribution in [2.75, 3.05) is 0 Å². The number of nitrogens with zero attached hydrogens (tertiary/aromatic N) is 11. The number of benzene rings is 21. The van der Waals surface area contributed by atoms with Crippen LogP contribution in [0, 0.1) is 0 Å². The number of aromatic nitrogens is 11. The van der Waals surface area contributed by atoms with Crippen LogP contribution in [-0.4, -0.2) is 61.6 Å². The number of hydrogen-bond donors (Lipinski definition) is 0. The Morgan fingerprint density at radius 1 is 0.170 bits per heavy atom. The second-order valence-electron chi connectivity index (χ2n) is 37.1. The number of rotatable bonds is 17. The van der Waals surface area contributed by atoms with Gasteiger partial charge in [-0.15, -0.1) is 0 Å². The van der Waals surface area contributed by atoms with Gasteiger partial charge in [0.2, 0.25) is 5.95 Å². The quantitative estimate of drug-likeness (QED) is 0.0653. The molecule has 0 radical (unpaired) electrons. The Hall–Kier alpha value is -19.4. The minimum atomic E-state index is -2.71. The van der Waals surface area contributed by atoms with Crippen LogP contribution in [0.4, 0.5) is 0 Å². The van der Waals surface area contributed by atoms with E-state index >= 15 is 0 Å². The van der Waals surface area contributed by atoms with E-state index in [9.17, 15) is 0 Å². The third-order valence-corrected chi connectivity index (χ3v) is 33.6. The third-order valence-electron chi connectivity index (χ3n) is 28.8. The van der Waals surface area contributed by atoms with E-state index in [1.165, 1.54) is 109 Å². The van der Waals surface area contributed by atoms with Crippen LogP contribution < -0.4 is 20.7 Å². The summed E-state index contributed by atoms with van der Waals surface area (Å²) in [6.45, 7) is 0. The molecule has 6 aromatic heterocycles. The normalized spacial score (nSPS) is 12.0. The first-order chi connectivity index (χ1) is 72.9. The zero-order valence-corrected chi connectivity index (χ0v) is 81.0. The van der Waals surface area contributed by atoms with Gasteiger partial charge in [-0.3, -0.25) is 4.57 Å². The van der Waals surface area contributed by atoms with Gasteiger partial charge in [-0.25, -0.2) is 39.9 Å². The van der Waals surface area contributed by atoms with Gasteiger partial charge >= 0.3 is 0 Å². The number of fused-ring (bicyclic) bond motifs is 13. The lowest BCUT2D eigenvalue weighted by molar-refractivity contribution is 0.769. The standard InChI is InChI=1S/C51H36N4Si.C51H33N3.C33H22N4/c1-6-18-37(19-7-1)49-52-50(38-20-8-2-9-21-38)54-51(53-49)39-30-32-40(33-31-39)55-47-29-17-16-28-45(47)46-36-44(34-35-48(46)55)56(41-22-10-3-11-23-41,42-24-12-4-13-25-42)43-26-14-5-15-27-43;1-4-16-34(17-5-1)35-28-30-36(31-29-35)49-41-24-11-14-26-46(41)52-50(53-49)54-47-27-15-12-23-40(47)43-32-42-39-22-10-13-25-44(39)51(45(42)33-48(43)54,37-18-6-2-7-19-37)38-20-8-3-9-21-38;1-3-11-23(12-4-1)31-34-32(24-13-5-2-6-14-24)36-33(35-31)25-19-21-26(22-20-25)37-29-17-9-7-15-27(29)28-16-8-10-18-30(28)37/h1-36H;1-33H;1-22H. The van der Waals surface area contributed by atoms with Crippen molar-refractivity contribution in [2.24, 2.45) is 0 Å². The summed E-state index contributed by atoms with van der Waals surface area (Å²) >= 11 is 0. The smallest absolute Gasteiger partial charge is 0.235 e. The van der Waals surface area contributed by atoms with Crippen molar-refractivity contribution in [3.05, 3.63) is 574 Å². The van der Waals surface area contributed by atoms with Crippen LogP contribution in [0.2, 0.25) is 0 Å². The largest absolute Gasteiger partial charge is 0.309 e. The molecule has 1 aliphatic carbocycles. The van der Waals surface area contributed by atoms with Crippen molar-refractivity contribution in [2.45, 2.75) is 5.41 Å². The van der Waals surface area contributed by atoms with Crippen LogP contribution in [0.25, 0.3) is 195 Å². The second kappa shape index (κ2) is 37.9. The zero-order valence-electron chi connectivity index (χ0n) is 80.0. The molecule has 0 saturated carbocycles. The number of hydrogen-bond acceptors (Lipinski definition) is 8. The van der Waals surface area contributed by atoms with Crippen LogP contribution in [-0.2, 0) is 5.41 Å². The maximum absolute atomic E-state index is 5.45. The molecule has 0 fully saturated rings. The molecule has 0 amide bonds. The maximum Gasteiger partial charge on any atom is 0.235 e. The molecule has 0 N–H and O–H groups in total. The average molecular weight is 1900 g/mol. The summed E-state index contributed by atoms with van der Waals surface area (Å²) in [5.74, 6) is 4.58. The Kier molecular flexibility index (Phi) is 22.6. The highest BCUT2D eigenvalue weighted by Crippen LogP contribution is 2.58. The number of para-hydroxylation sites is 5. The van der Waals surface area contributed by atoms with Gasteiger partial charge in [0.1, 0.15) is 0 Å². The Labute approximate surface area is 851 Å². The van der Waals surface area contributed by atoms with Gasteiger partial charge in [-0.05, 0) is 162 Å². The molecule has 21 aromatic carbocycles. The molecule has 0 atom stereocenters. The predicted octanol–water partition coefficient (Wildman–Crippen LogP) is 29.7. The van der Waals surface area contributed by atoms with E-state index in [0.29, 0.717) is 40.9 Å². The van der Waals surface area contributed by atoms with E-state index in [1.54, 1.807) is 0 Å². The van der Waals surface area contributed by atoms with Crippen molar-refractivity contribution in [3.63, 3.8) is 0 Å². The lowest BCUT2D eigenvalue weighted by Gasteiger charge is -2.34. The van der Waals surface area contributed by atoms with Crippen molar-refractivity contribution < 1.29 is 0 Å². The summed E-state index contributed by atoms with van der Waals surface area (Å²) in [6, 6.07) is 196. The van der Waals surface area contributed by atoms with Crippen LogP contribution in [0.5, 0.6) is 0 Å². The van der Waals surface area contributed by atoms with Crippen molar-refractivity contribution in [1.29, 1.82) is 0 Å². The van der Waals surface area contributed by atoms with Gasteiger partial charge in [0.05, 0.1) is 49.7 Å². The van der Waals surface area contributed by atoms with Gasteiger partial charge < -0.3 is 9.13 Å². The van der Waals surface area contributed by atoms with Crippen LogP contribution in [0.3, 0.4) is 0 Å². The average Bonchev–Trinajstić information content (AvgIpc) is 1.53. The predicted molar refractivity (Wildman–Crippen MR) is 607 cm³/mol. The SMILES string of the molecule is c1ccc(-c2ccc(-c3nc(-n4c5ccccc5c5cc6c(cc54)C(c4ccccc4)(c4ccccc4)c4ccccc4-6)nc4ccccc34)cc2)cc1.c1ccc(-c2nc(-c3ccccc3)nc(-c3ccc(-n4c5ccccc5c5cc([Si](c6ccccc6)(c6ccccc6)c6ccccc6)ccc54)cc3)n2)cc1.c1ccc(-c2nc(-c3ccccc3)nc(-c3ccc(-n4c5ccccc5c5ccccc54)cc3)n2)cc1. The zero-order chi connectivity index (χ0) is 97.6. The first-order valence-corrected chi connectivity index (χ1v) is 51.8. The van der Waals surface area contributed by atoms with Crippen LogP contribution in [0.15, 0.2) is 552 Å². The molecule has 147 heavy (non-hydrogen) atoms. The Balaban J connectivity index is 0.000000114. The molecule has 12 heteroatoms. The van der Waals surface area contributed by atoms with Crippen molar-refractivity contribution in [1.82, 2.24) is 53.6 Å². The lowest BCUT2D eigenvalue weighted by Crippen LogP contribution is -2.74. The summed E-state index contributed by atoms with van der Waals surface area (Å²) in [7, 11) is -2.71. The molecule has 11 nitrogen and oxygen atoms in total. The van der Waals surface area contributed by atoms with Crippen LogP contribution >= 0.6 is 0 Å². The highest BCUT2D eigenvalue weighted by molar-refractivity contribution is 7.20. The molecule has 0 saturated heterocycles. The molecule has 28 rings (SSSR count). The third kappa shape index (κ3) is 15.7. The first-order valence-electron chi connectivity index (χ1n) is 49.8. The highest BCUT2D eigenvalue weighted by Gasteiger charge is 2.47. The molecular formula is C135H91N11Si. The Bertz CT molecular complexity index is 9230. The lowest BCUT2D eigenvalue weighted by atomic mass is 9.67. The summed E-state index contributed by atoms with van der Waals surface area (Å²) in [4.78, 5) is 40.1. The summed E-state index contributed by atoms with van der Waals surface area (Å²) in [5.41, 5.74) is 27.0. The minimum absolute atomic E-state index is 0.514. The maximum atomic E-state index is 5.45.